The predicted octanol–water partition coefficient (Wildman–Crippen LogP) is 4.76. The van der Waals surface area contributed by atoms with E-state index < -0.39 is 0 Å². The van der Waals surface area contributed by atoms with Gasteiger partial charge in [-0.1, -0.05) is 42.5 Å². The van der Waals surface area contributed by atoms with E-state index in [0.29, 0.717) is 0 Å². The number of hydrogen-bond donors (Lipinski definition) is 3. The molecule has 140 valence electrons. The number of H-pyrrole nitrogens is 1. The average molecular weight is 371 g/mol. The van der Waals surface area contributed by atoms with Crippen molar-refractivity contribution in [3.8, 4) is 11.3 Å². The summed E-state index contributed by atoms with van der Waals surface area (Å²) in [6.07, 6.45) is 1.56. The van der Waals surface area contributed by atoms with Gasteiger partial charge in [0.25, 0.3) is 0 Å². The summed E-state index contributed by atoms with van der Waals surface area (Å²) >= 11 is 0. The van der Waals surface area contributed by atoms with Crippen LogP contribution in [0.15, 0.2) is 67.0 Å². The second kappa shape index (κ2) is 7.52. The normalized spacial score (nSPS) is 11.9. The van der Waals surface area contributed by atoms with E-state index in [9.17, 15) is 4.79 Å². The van der Waals surface area contributed by atoms with E-state index in [1.807, 2.05) is 48.5 Å². The molecule has 0 spiro atoms. The number of fused-ring (bicyclic) bond motifs is 1. The Morgan fingerprint density at radius 3 is 2.50 bits per heavy atom. The molecule has 0 radical (unpaired) electrons. The summed E-state index contributed by atoms with van der Waals surface area (Å²) in [6, 6.07) is 20.1. The molecule has 0 aliphatic rings. The number of rotatable bonds is 5. The van der Waals surface area contributed by atoms with Crippen LogP contribution in [-0.2, 0) is 4.79 Å². The molecule has 2 aromatic heterocycles. The third-order valence-corrected chi connectivity index (χ3v) is 4.59. The van der Waals surface area contributed by atoms with Crippen LogP contribution in [0, 0.1) is 0 Å². The number of nitrogens with zero attached hydrogens (tertiary/aromatic N) is 2. The number of aromatic amines is 1. The van der Waals surface area contributed by atoms with Gasteiger partial charge in [0.2, 0.25) is 5.91 Å². The number of nitrogens with one attached hydrogen (secondary N) is 3. The Balaban J connectivity index is 1.62. The molecular weight excluding hydrogens is 350 g/mol. The van der Waals surface area contributed by atoms with E-state index >= 15 is 0 Å². The van der Waals surface area contributed by atoms with Gasteiger partial charge < -0.3 is 15.6 Å². The fourth-order valence-corrected chi connectivity index (χ4v) is 3.18. The largest absolute Gasteiger partial charge is 0.363 e. The highest BCUT2D eigenvalue weighted by Crippen LogP contribution is 2.29. The van der Waals surface area contributed by atoms with Gasteiger partial charge in [0.1, 0.15) is 17.8 Å². The van der Waals surface area contributed by atoms with Crippen molar-refractivity contribution in [3.63, 3.8) is 0 Å². The van der Waals surface area contributed by atoms with Crippen molar-refractivity contribution in [2.24, 2.45) is 0 Å². The van der Waals surface area contributed by atoms with E-state index in [-0.39, 0.29) is 11.9 Å². The molecule has 2 aromatic carbocycles. The van der Waals surface area contributed by atoms with E-state index in [2.05, 4.69) is 44.6 Å². The maximum atomic E-state index is 11.2. The maximum absolute atomic E-state index is 11.2. The van der Waals surface area contributed by atoms with Crippen molar-refractivity contribution < 1.29 is 4.79 Å². The van der Waals surface area contributed by atoms with E-state index in [1.54, 1.807) is 6.33 Å². The van der Waals surface area contributed by atoms with Crippen LogP contribution >= 0.6 is 0 Å². The Labute approximate surface area is 163 Å². The lowest BCUT2D eigenvalue weighted by Gasteiger charge is -2.15. The third kappa shape index (κ3) is 3.71. The zero-order valence-corrected chi connectivity index (χ0v) is 15.7. The van der Waals surface area contributed by atoms with Gasteiger partial charge in [-0.2, -0.15) is 0 Å². The second-order valence-electron chi connectivity index (χ2n) is 6.70. The van der Waals surface area contributed by atoms with Crippen molar-refractivity contribution in [2.45, 2.75) is 19.9 Å². The van der Waals surface area contributed by atoms with Crippen LogP contribution in [0.1, 0.15) is 25.5 Å². The molecule has 1 atom stereocenters. The van der Waals surface area contributed by atoms with Crippen LogP contribution in [0.2, 0.25) is 0 Å². The zero-order valence-electron chi connectivity index (χ0n) is 15.7. The third-order valence-electron chi connectivity index (χ3n) is 4.59. The lowest BCUT2D eigenvalue weighted by molar-refractivity contribution is -0.114. The molecule has 6 nitrogen and oxygen atoms in total. The van der Waals surface area contributed by atoms with Gasteiger partial charge in [0, 0.05) is 24.3 Å². The quantitative estimate of drug-likeness (QED) is 0.472. The van der Waals surface area contributed by atoms with Crippen LogP contribution in [0.4, 0.5) is 11.5 Å². The molecule has 4 rings (SSSR count). The maximum Gasteiger partial charge on any atom is 0.221 e. The summed E-state index contributed by atoms with van der Waals surface area (Å²) in [7, 11) is 0. The van der Waals surface area contributed by atoms with Gasteiger partial charge in [-0.3, -0.25) is 4.79 Å². The Morgan fingerprint density at radius 2 is 1.79 bits per heavy atom. The summed E-state index contributed by atoms with van der Waals surface area (Å²) in [4.78, 5) is 23.3. The molecule has 4 aromatic rings. The number of hydrogen-bond acceptors (Lipinski definition) is 4. The molecular formula is C22H21N5O. The van der Waals surface area contributed by atoms with E-state index in [0.717, 1.165) is 33.8 Å². The minimum Gasteiger partial charge on any atom is -0.363 e. The first kappa shape index (κ1) is 17.7. The first-order chi connectivity index (χ1) is 13.6. The van der Waals surface area contributed by atoms with Crippen molar-refractivity contribution >= 4 is 28.4 Å². The highest BCUT2D eigenvalue weighted by atomic mass is 16.1. The van der Waals surface area contributed by atoms with Gasteiger partial charge in [-0.05, 0) is 36.2 Å². The average Bonchev–Trinajstić information content (AvgIpc) is 3.14. The predicted molar refractivity (Wildman–Crippen MR) is 112 cm³/mol. The van der Waals surface area contributed by atoms with Gasteiger partial charge in [0.15, 0.2) is 0 Å². The second-order valence-corrected chi connectivity index (χ2v) is 6.70. The first-order valence-corrected chi connectivity index (χ1v) is 9.13. The molecule has 0 saturated carbocycles. The minimum atomic E-state index is -0.0862. The van der Waals surface area contributed by atoms with Crippen molar-refractivity contribution in [1.82, 2.24) is 15.0 Å². The first-order valence-electron chi connectivity index (χ1n) is 9.13. The molecule has 2 heterocycles. The van der Waals surface area contributed by atoms with E-state index in [4.69, 9.17) is 0 Å². The zero-order chi connectivity index (χ0) is 19.5. The summed E-state index contributed by atoms with van der Waals surface area (Å²) in [6.45, 7) is 3.60. The summed E-state index contributed by atoms with van der Waals surface area (Å²) < 4.78 is 0. The molecule has 1 amide bonds. The summed E-state index contributed by atoms with van der Waals surface area (Å²) in [5, 5.41) is 7.19. The Kier molecular flexibility index (Phi) is 4.76. The summed E-state index contributed by atoms with van der Waals surface area (Å²) in [5.74, 6) is 0.704. The van der Waals surface area contributed by atoms with Crippen LogP contribution in [0.3, 0.4) is 0 Å². The smallest absolute Gasteiger partial charge is 0.221 e. The Hall–Kier alpha value is -3.67. The molecule has 0 unspecified atom stereocenters. The van der Waals surface area contributed by atoms with Crippen molar-refractivity contribution in [2.75, 3.05) is 10.6 Å². The van der Waals surface area contributed by atoms with Gasteiger partial charge in [-0.15, -0.1) is 0 Å². The molecule has 0 saturated heterocycles. The monoisotopic (exact) mass is 371 g/mol. The Bertz CT molecular complexity index is 1100. The van der Waals surface area contributed by atoms with E-state index in [1.165, 1.54) is 12.5 Å². The SMILES string of the molecule is CC(=O)Nc1ccc(-c2cc3c(N[C@H](C)c4ccccc4)ncnc3[nH]2)cc1. The molecule has 0 aliphatic heterocycles. The molecule has 28 heavy (non-hydrogen) atoms. The van der Waals surface area contributed by atoms with Crippen LogP contribution in [-0.4, -0.2) is 20.9 Å². The highest BCUT2D eigenvalue weighted by molar-refractivity contribution is 5.92. The topological polar surface area (TPSA) is 82.7 Å². The highest BCUT2D eigenvalue weighted by Gasteiger charge is 2.12. The molecule has 0 bridgehead atoms. The van der Waals surface area contributed by atoms with Crippen LogP contribution in [0.5, 0.6) is 0 Å². The van der Waals surface area contributed by atoms with Crippen molar-refractivity contribution in [3.05, 3.63) is 72.6 Å². The number of amides is 1. The van der Waals surface area contributed by atoms with Crippen LogP contribution in [0.25, 0.3) is 22.3 Å². The van der Waals surface area contributed by atoms with Gasteiger partial charge in [-0.25, -0.2) is 9.97 Å². The number of carbonyl (C=O) groups excluding carboxylic acids is 1. The fourth-order valence-electron chi connectivity index (χ4n) is 3.18. The Morgan fingerprint density at radius 1 is 1.04 bits per heavy atom. The number of benzene rings is 2. The standard InChI is InChI=1S/C22H21N5O/c1-14(16-6-4-3-5-7-16)25-21-19-12-20(27-22(19)24-13-23-21)17-8-10-18(11-9-17)26-15(2)28/h3-14H,1-2H3,(H,26,28)(H2,23,24,25,27)/t14-/m1/s1. The lowest BCUT2D eigenvalue weighted by atomic mass is 10.1. The molecule has 3 N–H and O–H groups in total. The molecule has 0 fully saturated rings. The summed E-state index contributed by atoms with van der Waals surface area (Å²) in [5.41, 5.74) is 4.69. The van der Waals surface area contributed by atoms with Crippen molar-refractivity contribution in [1.29, 1.82) is 0 Å². The molecule has 0 aliphatic carbocycles. The van der Waals surface area contributed by atoms with Gasteiger partial charge in [0.05, 0.1) is 5.39 Å². The lowest BCUT2D eigenvalue weighted by Crippen LogP contribution is -2.08. The number of aromatic nitrogens is 3. The molecule has 6 heteroatoms. The van der Waals surface area contributed by atoms with Gasteiger partial charge >= 0.3 is 0 Å². The minimum absolute atomic E-state index is 0.0862. The number of carbonyl (C=O) groups is 1. The van der Waals surface area contributed by atoms with Crippen LogP contribution < -0.4 is 10.6 Å². The fraction of sp³-hybridized carbons (Fsp3) is 0.136. The number of anilines is 2.